The minimum Gasteiger partial charge on any atom is -0.387 e. The lowest BCUT2D eigenvalue weighted by atomic mass is 9.93. The second-order valence-electron chi connectivity index (χ2n) is 10.1. The highest BCUT2D eigenvalue weighted by Gasteiger charge is 2.46. The number of imidazole rings is 1. The van der Waals surface area contributed by atoms with Gasteiger partial charge in [-0.1, -0.05) is 48.5 Å². The molecule has 6 rings (SSSR count). The molecule has 0 saturated carbocycles. The predicted molar refractivity (Wildman–Crippen MR) is 151 cm³/mol. The summed E-state index contributed by atoms with van der Waals surface area (Å²) in [5.41, 5.74) is 3.72. The molecule has 2 aliphatic rings. The highest BCUT2D eigenvalue weighted by Crippen LogP contribution is 2.55. The average Bonchev–Trinajstić information content (AvgIpc) is 3.60. The Labute approximate surface area is 243 Å². The minimum absolute atomic E-state index is 0.0530. The van der Waals surface area contributed by atoms with Gasteiger partial charge in [-0.3, -0.25) is 13.7 Å². The molecule has 6 atom stereocenters. The van der Waals surface area contributed by atoms with Gasteiger partial charge in [0, 0.05) is 18.2 Å². The van der Waals surface area contributed by atoms with Crippen molar-refractivity contribution in [3.63, 3.8) is 0 Å². The van der Waals surface area contributed by atoms with E-state index in [1.54, 1.807) is 0 Å². The van der Waals surface area contributed by atoms with Gasteiger partial charge in [-0.05, 0) is 28.8 Å². The maximum absolute atomic E-state index is 12.1. The van der Waals surface area contributed by atoms with Crippen LogP contribution in [-0.2, 0) is 18.4 Å². The molecule has 0 aliphatic carbocycles. The largest absolute Gasteiger partial charge is 0.387 e. The number of para-hydroxylation sites is 1. The van der Waals surface area contributed by atoms with Crippen LogP contribution in [0.1, 0.15) is 23.3 Å². The van der Waals surface area contributed by atoms with Gasteiger partial charge < -0.3 is 39.1 Å². The molecule has 4 heterocycles. The van der Waals surface area contributed by atoms with Gasteiger partial charge in [0.15, 0.2) is 29.1 Å². The number of aliphatic hydroxyl groups excluding tert-OH is 2. The maximum atomic E-state index is 12.1. The molecule has 1 fully saturated rings. The molecule has 2 aliphatic heterocycles. The van der Waals surface area contributed by atoms with Crippen molar-refractivity contribution >= 4 is 49.5 Å². The SMILES string of the molecule is O=P(O)(O)CP(=O)(O)OC[C@H]1O[C@@H](n2cnc3c(N4CC(c5ccccc5)c5ccccc54)nc(Cl)nc32)[C@@H](O)C1O. The van der Waals surface area contributed by atoms with Crippen LogP contribution in [0.4, 0.5) is 11.5 Å². The molecule has 17 heteroatoms. The summed E-state index contributed by atoms with van der Waals surface area (Å²) in [6.45, 7) is -0.170. The van der Waals surface area contributed by atoms with E-state index in [2.05, 4.69) is 33.2 Å². The molecule has 1 saturated heterocycles. The number of fused-ring (bicyclic) bond motifs is 2. The molecule has 4 aromatic rings. The summed E-state index contributed by atoms with van der Waals surface area (Å²) in [5, 5.41) is 21.3. The number of hydrogen-bond donors (Lipinski definition) is 5. The molecule has 3 unspecified atom stereocenters. The van der Waals surface area contributed by atoms with Crippen LogP contribution in [0, 0.1) is 0 Å². The lowest BCUT2D eigenvalue weighted by molar-refractivity contribution is -0.0483. The van der Waals surface area contributed by atoms with Crippen LogP contribution < -0.4 is 4.90 Å². The number of halogens is 1. The summed E-state index contributed by atoms with van der Waals surface area (Å²) < 4.78 is 35.1. The molecule has 2 aromatic carbocycles. The first kappa shape index (κ1) is 29.3. The standard InChI is InChI=1S/C25H26ClN5O9P2/c26-25-28-22(30-10-16(14-6-2-1-3-7-14)15-8-4-5-9-17(15)30)19-23(29-25)31(12-27-19)24-21(33)20(32)18(40-24)11-39-42(37,38)13-41(34,35)36/h1-9,12,16,18,20-21,24,32-33H,10-11,13H2,(H,37,38)(H2,34,35,36)/t16?,18-,20?,21+,24-/m1/s1. The number of aliphatic hydroxyl groups is 2. The quantitative estimate of drug-likeness (QED) is 0.140. The lowest BCUT2D eigenvalue weighted by Gasteiger charge is -2.20. The van der Waals surface area contributed by atoms with Crippen LogP contribution in [0.15, 0.2) is 60.9 Å². The molecule has 0 spiro atoms. The zero-order valence-electron chi connectivity index (χ0n) is 21.7. The molecular formula is C25H26ClN5O9P2. The van der Waals surface area contributed by atoms with E-state index in [4.69, 9.17) is 30.6 Å². The van der Waals surface area contributed by atoms with Crippen molar-refractivity contribution in [3.8, 4) is 0 Å². The number of nitrogens with zero attached hydrogens (tertiary/aromatic N) is 5. The number of ether oxygens (including phenoxy) is 1. The second-order valence-corrected chi connectivity index (χ2v) is 14.4. The predicted octanol–water partition coefficient (Wildman–Crippen LogP) is 2.72. The Morgan fingerprint density at radius 1 is 1.00 bits per heavy atom. The van der Waals surface area contributed by atoms with Crippen molar-refractivity contribution in [1.29, 1.82) is 0 Å². The van der Waals surface area contributed by atoms with Crippen molar-refractivity contribution in [2.45, 2.75) is 30.5 Å². The Kier molecular flexibility index (Phi) is 7.73. The zero-order valence-corrected chi connectivity index (χ0v) is 24.2. The Bertz CT molecular complexity index is 1720. The molecule has 42 heavy (non-hydrogen) atoms. The Balaban J connectivity index is 1.30. The zero-order chi connectivity index (χ0) is 29.8. The average molecular weight is 638 g/mol. The third-order valence-corrected chi connectivity index (χ3v) is 10.8. The van der Waals surface area contributed by atoms with Gasteiger partial charge in [-0.25, -0.2) is 4.98 Å². The number of rotatable bonds is 8. The number of hydrogen-bond acceptors (Lipinski definition) is 10. The fraction of sp³-hybridized carbons (Fsp3) is 0.320. The smallest absolute Gasteiger partial charge is 0.340 e. The van der Waals surface area contributed by atoms with E-state index in [1.807, 2.05) is 41.3 Å². The van der Waals surface area contributed by atoms with E-state index in [0.29, 0.717) is 17.9 Å². The minimum atomic E-state index is -4.85. The van der Waals surface area contributed by atoms with Gasteiger partial charge in [0.05, 0.1) is 12.9 Å². The lowest BCUT2D eigenvalue weighted by Crippen LogP contribution is -2.33. The van der Waals surface area contributed by atoms with E-state index >= 15 is 0 Å². The van der Waals surface area contributed by atoms with Crippen molar-refractivity contribution < 1.29 is 43.3 Å². The molecule has 0 amide bonds. The summed E-state index contributed by atoms with van der Waals surface area (Å²) in [6.07, 6.45) is -4.32. The number of anilines is 2. The summed E-state index contributed by atoms with van der Waals surface area (Å²) in [4.78, 5) is 43.1. The Morgan fingerprint density at radius 2 is 1.71 bits per heavy atom. The maximum Gasteiger partial charge on any atom is 0.340 e. The molecule has 0 bridgehead atoms. The van der Waals surface area contributed by atoms with Crippen molar-refractivity contribution in [3.05, 3.63) is 77.3 Å². The summed E-state index contributed by atoms with van der Waals surface area (Å²) in [5.74, 6) is -0.914. The molecule has 222 valence electrons. The highest BCUT2D eigenvalue weighted by molar-refractivity contribution is 7.70. The molecule has 2 aromatic heterocycles. The number of aromatic nitrogens is 4. The monoisotopic (exact) mass is 637 g/mol. The first-order valence-corrected chi connectivity index (χ1v) is 16.7. The van der Waals surface area contributed by atoms with E-state index in [-0.39, 0.29) is 16.8 Å². The van der Waals surface area contributed by atoms with E-state index < -0.39 is 52.2 Å². The Hall–Kier alpha value is -2.74. The fourth-order valence-corrected chi connectivity index (χ4v) is 8.12. The van der Waals surface area contributed by atoms with Crippen molar-refractivity contribution in [1.82, 2.24) is 19.5 Å². The van der Waals surface area contributed by atoms with Crippen LogP contribution in [0.2, 0.25) is 5.28 Å². The fourth-order valence-electron chi connectivity index (χ4n) is 5.39. The third-order valence-electron chi connectivity index (χ3n) is 7.22. The van der Waals surface area contributed by atoms with Crippen LogP contribution in [0.5, 0.6) is 0 Å². The number of benzene rings is 2. The normalized spacial score (nSPS) is 25.6. The first-order valence-electron chi connectivity index (χ1n) is 12.8. The molecule has 5 N–H and O–H groups in total. The van der Waals surface area contributed by atoms with E-state index in [9.17, 15) is 24.2 Å². The van der Waals surface area contributed by atoms with Crippen molar-refractivity contribution in [2.75, 3.05) is 24.0 Å². The molecule has 0 radical (unpaired) electrons. The summed E-state index contributed by atoms with van der Waals surface area (Å²) in [7, 11) is -9.56. The second kappa shape index (κ2) is 11.1. The topological polar surface area (TPSA) is 201 Å². The summed E-state index contributed by atoms with van der Waals surface area (Å²) >= 11 is 6.38. The highest BCUT2D eigenvalue weighted by atomic mass is 35.5. The van der Waals surface area contributed by atoms with Crippen molar-refractivity contribution in [2.24, 2.45) is 0 Å². The van der Waals surface area contributed by atoms with Gasteiger partial charge in [-0.15, -0.1) is 0 Å². The van der Waals surface area contributed by atoms with Gasteiger partial charge in [0.2, 0.25) is 5.28 Å². The third kappa shape index (κ3) is 5.63. The van der Waals surface area contributed by atoms with Gasteiger partial charge >= 0.3 is 15.2 Å². The molecular weight excluding hydrogens is 612 g/mol. The molecule has 14 nitrogen and oxygen atoms in total. The van der Waals surface area contributed by atoms with Crippen LogP contribution in [-0.4, -0.2) is 81.8 Å². The first-order chi connectivity index (χ1) is 19.9. The van der Waals surface area contributed by atoms with Crippen LogP contribution in [0.3, 0.4) is 0 Å². The van der Waals surface area contributed by atoms with Gasteiger partial charge in [0.1, 0.15) is 18.3 Å². The summed E-state index contributed by atoms with van der Waals surface area (Å²) in [6, 6.07) is 18.0. The van der Waals surface area contributed by atoms with Gasteiger partial charge in [0.25, 0.3) is 0 Å². The van der Waals surface area contributed by atoms with E-state index in [1.165, 1.54) is 10.9 Å². The Morgan fingerprint density at radius 3 is 2.45 bits per heavy atom. The van der Waals surface area contributed by atoms with Crippen LogP contribution >= 0.6 is 26.8 Å². The van der Waals surface area contributed by atoms with Gasteiger partial charge in [-0.2, -0.15) is 9.97 Å². The van der Waals surface area contributed by atoms with Crippen LogP contribution in [0.25, 0.3) is 11.2 Å². The van der Waals surface area contributed by atoms with E-state index in [0.717, 1.165) is 16.8 Å².